The first-order valence-electron chi connectivity index (χ1n) is 4.86. The number of amides is 1. The molecule has 0 atom stereocenters. The van der Waals surface area contributed by atoms with Crippen molar-refractivity contribution in [3.05, 3.63) is 35.6 Å². The molecule has 3 N–H and O–H groups in total. The number of benzene rings is 1. The monoisotopic (exact) mass is 265 g/mol. The molecule has 18 heavy (non-hydrogen) atoms. The van der Waals surface area contributed by atoms with Crippen LogP contribution in [-0.4, -0.2) is 27.0 Å². The zero-order chi connectivity index (χ0) is 13.3. The molecule has 1 aromatic heterocycles. The molecule has 1 amide bonds. The fourth-order valence-corrected chi connectivity index (χ4v) is 1.43. The summed E-state index contributed by atoms with van der Waals surface area (Å²) in [6, 6.07) is 4.75. The number of anilines is 1. The second-order valence-electron chi connectivity index (χ2n) is 3.48. The Kier molecular flexibility index (Phi) is 3.03. The molecule has 2 rings (SSSR count). The Morgan fingerprint density at radius 3 is 2.78 bits per heavy atom. The minimum Gasteiger partial charge on any atom is -0.475 e. The topological polar surface area (TPSA) is 95.1 Å². The molecule has 0 aliphatic rings. The minimum absolute atomic E-state index is 0.136. The van der Waals surface area contributed by atoms with Gasteiger partial charge in [-0.15, -0.1) is 0 Å². The second kappa shape index (κ2) is 4.50. The molecule has 0 aliphatic heterocycles. The molecule has 6 nitrogen and oxygen atoms in total. The van der Waals surface area contributed by atoms with E-state index in [-0.39, 0.29) is 10.9 Å². The van der Waals surface area contributed by atoms with Crippen LogP contribution in [0.3, 0.4) is 0 Å². The highest BCUT2D eigenvalue weighted by Crippen LogP contribution is 2.18. The molecule has 0 fully saturated rings. The lowest BCUT2D eigenvalue weighted by Crippen LogP contribution is -2.10. The van der Waals surface area contributed by atoms with Crippen LogP contribution in [0.25, 0.3) is 11.0 Å². The van der Waals surface area contributed by atoms with Gasteiger partial charge in [0.05, 0.1) is 16.1 Å². The SMILES string of the molecule is C=C(Cl)C(=O)Nc1ccc2[nH]c(C(=O)O)nc2c1. The van der Waals surface area contributed by atoms with Crippen LogP contribution in [0, 0.1) is 0 Å². The van der Waals surface area contributed by atoms with Gasteiger partial charge in [-0.25, -0.2) is 9.78 Å². The quantitative estimate of drug-likeness (QED) is 0.739. The van der Waals surface area contributed by atoms with Crippen LogP contribution in [0.1, 0.15) is 10.6 Å². The van der Waals surface area contributed by atoms with Gasteiger partial charge in [-0.3, -0.25) is 4.79 Å². The molecule has 2 aromatic rings. The Balaban J connectivity index is 2.35. The molecule has 0 bridgehead atoms. The standard InChI is InChI=1S/C11H8ClN3O3/c1-5(12)10(16)13-6-2-3-7-8(4-6)15-9(14-7)11(17)18/h2-4H,1H2,(H,13,16)(H,14,15)(H,17,18). The first-order valence-corrected chi connectivity index (χ1v) is 5.24. The van der Waals surface area contributed by atoms with Crippen molar-refractivity contribution < 1.29 is 14.7 Å². The van der Waals surface area contributed by atoms with Gasteiger partial charge in [0.15, 0.2) is 0 Å². The van der Waals surface area contributed by atoms with E-state index >= 15 is 0 Å². The van der Waals surface area contributed by atoms with Gasteiger partial charge in [0, 0.05) is 5.69 Å². The molecule has 7 heteroatoms. The molecular formula is C11H8ClN3O3. The van der Waals surface area contributed by atoms with Crippen LogP contribution in [0.15, 0.2) is 29.8 Å². The second-order valence-corrected chi connectivity index (χ2v) is 3.94. The summed E-state index contributed by atoms with van der Waals surface area (Å²) in [5, 5.41) is 11.1. The summed E-state index contributed by atoms with van der Waals surface area (Å²) in [7, 11) is 0. The van der Waals surface area contributed by atoms with Crippen LogP contribution in [-0.2, 0) is 4.79 Å². The van der Waals surface area contributed by atoms with E-state index in [0.717, 1.165) is 0 Å². The van der Waals surface area contributed by atoms with E-state index in [1.807, 2.05) is 0 Å². The lowest BCUT2D eigenvalue weighted by atomic mass is 10.3. The van der Waals surface area contributed by atoms with E-state index in [1.54, 1.807) is 12.1 Å². The predicted molar refractivity (Wildman–Crippen MR) is 66.7 cm³/mol. The fraction of sp³-hybridized carbons (Fsp3) is 0. The lowest BCUT2D eigenvalue weighted by Gasteiger charge is -2.02. The summed E-state index contributed by atoms with van der Waals surface area (Å²) >= 11 is 5.44. The third-order valence-electron chi connectivity index (χ3n) is 2.19. The zero-order valence-corrected chi connectivity index (χ0v) is 9.78. The molecule has 0 saturated heterocycles. The van der Waals surface area contributed by atoms with E-state index in [4.69, 9.17) is 16.7 Å². The molecule has 1 heterocycles. The maximum Gasteiger partial charge on any atom is 0.371 e. The summed E-state index contributed by atoms with van der Waals surface area (Å²) in [6.45, 7) is 3.29. The van der Waals surface area contributed by atoms with E-state index < -0.39 is 11.9 Å². The van der Waals surface area contributed by atoms with Crippen molar-refractivity contribution in [1.82, 2.24) is 9.97 Å². The van der Waals surface area contributed by atoms with Gasteiger partial charge in [-0.05, 0) is 18.2 Å². The minimum atomic E-state index is -1.15. The van der Waals surface area contributed by atoms with Crippen molar-refractivity contribution >= 4 is 40.2 Å². The van der Waals surface area contributed by atoms with E-state index in [9.17, 15) is 9.59 Å². The first kappa shape index (κ1) is 12.1. The molecule has 0 spiro atoms. The zero-order valence-electron chi connectivity index (χ0n) is 9.03. The highest BCUT2D eigenvalue weighted by atomic mass is 35.5. The first-order chi connectivity index (χ1) is 8.47. The Labute approximate surface area is 106 Å². The Morgan fingerprint density at radius 2 is 2.17 bits per heavy atom. The number of halogens is 1. The Morgan fingerprint density at radius 1 is 1.44 bits per heavy atom. The van der Waals surface area contributed by atoms with Crippen molar-refractivity contribution in [3.63, 3.8) is 0 Å². The number of hydrogen-bond donors (Lipinski definition) is 3. The molecular weight excluding hydrogens is 258 g/mol. The van der Waals surface area contributed by atoms with Crippen molar-refractivity contribution in [2.45, 2.75) is 0 Å². The summed E-state index contributed by atoms with van der Waals surface area (Å²) in [6.07, 6.45) is 0. The largest absolute Gasteiger partial charge is 0.475 e. The molecule has 92 valence electrons. The summed E-state index contributed by atoms with van der Waals surface area (Å²) in [4.78, 5) is 28.5. The third-order valence-corrected chi connectivity index (χ3v) is 2.36. The van der Waals surface area contributed by atoms with E-state index in [2.05, 4.69) is 21.9 Å². The Hall–Kier alpha value is -2.34. The Bertz CT molecular complexity index is 663. The van der Waals surface area contributed by atoms with Crippen LogP contribution in [0.2, 0.25) is 0 Å². The maximum absolute atomic E-state index is 11.3. The van der Waals surface area contributed by atoms with Crippen LogP contribution < -0.4 is 5.32 Å². The summed E-state index contributed by atoms with van der Waals surface area (Å²) in [5.74, 6) is -1.83. The highest BCUT2D eigenvalue weighted by molar-refractivity contribution is 6.43. The van der Waals surface area contributed by atoms with Crippen molar-refractivity contribution in [1.29, 1.82) is 0 Å². The van der Waals surface area contributed by atoms with Crippen LogP contribution >= 0.6 is 11.6 Å². The lowest BCUT2D eigenvalue weighted by molar-refractivity contribution is -0.112. The normalized spacial score (nSPS) is 10.3. The number of carbonyl (C=O) groups excluding carboxylic acids is 1. The van der Waals surface area contributed by atoms with Crippen molar-refractivity contribution in [3.8, 4) is 0 Å². The number of aromatic nitrogens is 2. The third kappa shape index (κ3) is 2.33. The maximum atomic E-state index is 11.3. The van der Waals surface area contributed by atoms with Gasteiger partial charge in [0.25, 0.3) is 5.91 Å². The smallest absolute Gasteiger partial charge is 0.371 e. The van der Waals surface area contributed by atoms with Gasteiger partial charge < -0.3 is 15.4 Å². The van der Waals surface area contributed by atoms with Crippen molar-refractivity contribution in [2.75, 3.05) is 5.32 Å². The number of aromatic carboxylic acids is 1. The number of carboxylic acid groups (broad SMARTS) is 1. The molecule has 0 aliphatic carbocycles. The number of fused-ring (bicyclic) bond motifs is 1. The van der Waals surface area contributed by atoms with Gasteiger partial charge in [0.1, 0.15) is 0 Å². The number of nitrogens with zero attached hydrogens (tertiary/aromatic N) is 1. The molecule has 0 unspecified atom stereocenters. The number of hydrogen-bond acceptors (Lipinski definition) is 3. The van der Waals surface area contributed by atoms with Crippen LogP contribution in [0.4, 0.5) is 5.69 Å². The number of carboxylic acids is 1. The van der Waals surface area contributed by atoms with Gasteiger partial charge in [-0.1, -0.05) is 18.2 Å². The van der Waals surface area contributed by atoms with Crippen molar-refractivity contribution in [2.24, 2.45) is 0 Å². The van der Waals surface area contributed by atoms with Crippen LogP contribution in [0.5, 0.6) is 0 Å². The number of H-pyrrole nitrogens is 1. The predicted octanol–water partition coefficient (Wildman–Crippen LogP) is 1.95. The molecule has 0 saturated carbocycles. The van der Waals surface area contributed by atoms with Gasteiger partial charge in [0.2, 0.25) is 5.82 Å². The number of rotatable bonds is 3. The van der Waals surface area contributed by atoms with E-state index in [0.29, 0.717) is 16.7 Å². The highest BCUT2D eigenvalue weighted by Gasteiger charge is 2.10. The number of carbonyl (C=O) groups is 2. The summed E-state index contributed by atoms with van der Waals surface area (Å²) < 4.78 is 0. The summed E-state index contributed by atoms with van der Waals surface area (Å²) in [5.41, 5.74) is 1.46. The van der Waals surface area contributed by atoms with Gasteiger partial charge in [-0.2, -0.15) is 0 Å². The average Bonchev–Trinajstić information content (AvgIpc) is 2.71. The molecule has 0 radical (unpaired) electrons. The van der Waals surface area contributed by atoms with E-state index in [1.165, 1.54) is 6.07 Å². The van der Waals surface area contributed by atoms with Gasteiger partial charge >= 0.3 is 5.97 Å². The molecule has 1 aromatic carbocycles. The number of imidazole rings is 1. The fourth-order valence-electron chi connectivity index (χ4n) is 1.38. The number of nitrogens with one attached hydrogen (secondary N) is 2. The number of aromatic amines is 1. The average molecular weight is 266 g/mol.